The minimum absolute atomic E-state index is 0.305. The number of halogens is 2. The minimum atomic E-state index is -0.329. The van der Waals surface area contributed by atoms with Crippen molar-refractivity contribution < 1.29 is 4.39 Å². The van der Waals surface area contributed by atoms with Crippen molar-refractivity contribution in [3.05, 3.63) is 34.6 Å². The van der Waals surface area contributed by atoms with Crippen molar-refractivity contribution >= 4 is 11.6 Å². The van der Waals surface area contributed by atoms with E-state index < -0.39 is 0 Å². The summed E-state index contributed by atoms with van der Waals surface area (Å²) in [6, 6.07) is 4.47. The maximum absolute atomic E-state index is 12.8. The largest absolute Gasteiger partial charge is 0.321 e. The highest BCUT2D eigenvalue weighted by Crippen LogP contribution is 2.39. The van der Waals surface area contributed by atoms with E-state index >= 15 is 0 Å². The third-order valence-corrected chi connectivity index (χ3v) is 3.28. The standard InChI is InChI=1S/C11H13ClFN/c12-10-7-8(13)3-4-9(10)11(14)5-1-2-6-11/h3-4,7H,1-2,5-6,14H2. The first kappa shape index (κ1) is 9.94. The van der Waals surface area contributed by atoms with Crippen molar-refractivity contribution in [1.29, 1.82) is 0 Å². The molecule has 14 heavy (non-hydrogen) atoms. The Labute approximate surface area is 88.1 Å². The molecule has 3 heteroatoms. The molecule has 0 atom stereocenters. The molecule has 1 saturated carbocycles. The van der Waals surface area contributed by atoms with Gasteiger partial charge < -0.3 is 5.73 Å². The molecule has 0 amide bonds. The van der Waals surface area contributed by atoms with Crippen LogP contribution in [0.2, 0.25) is 5.02 Å². The predicted molar refractivity (Wildman–Crippen MR) is 55.7 cm³/mol. The zero-order valence-electron chi connectivity index (χ0n) is 7.89. The fourth-order valence-electron chi connectivity index (χ4n) is 2.17. The molecule has 1 aromatic rings. The van der Waals surface area contributed by atoms with Gasteiger partial charge in [0.1, 0.15) is 5.82 Å². The summed E-state index contributed by atoms with van der Waals surface area (Å²) in [5, 5.41) is 0.453. The van der Waals surface area contributed by atoms with Crippen molar-refractivity contribution in [1.82, 2.24) is 0 Å². The Balaban J connectivity index is 2.40. The molecule has 0 saturated heterocycles. The lowest BCUT2D eigenvalue weighted by atomic mass is 9.89. The van der Waals surface area contributed by atoms with E-state index in [9.17, 15) is 4.39 Å². The van der Waals surface area contributed by atoms with Gasteiger partial charge in [-0.25, -0.2) is 4.39 Å². The fraction of sp³-hybridized carbons (Fsp3) is 0.455. The Morgan fingerprint density at radius 2 is 1.93 bits per heavy atom. The summed E-state index contributed by atoms with van der Waals surface area (Å²) in [5.74, 6) is -0.305. The van der Waals surface area contributed by atoms with Gasteiger partial charge in [-0.3, -0.25) is 0 Å². The third-order valence-electron chi connectivity index (χ3n) is 2.96. The van der Waals surface area contributed by atoms with Gasteiger partial charge in [0.05, 0.1) is 0 Å². The second kappa shape index (κ2) is 3.52. The predicted octanol–water partition coefficient (Wildman–Crippen LogP) is 3.21. The average molecular weight is 214 g/mol. The monoisotopic (exact) mass is 213 g/mol. The van der Waals surface area contributed by atoms with Crippen LogP contribution in [0.15, 0.2) is 18.2 Å². The summed E-state index contributed by atoms with van der Waals surface area (Å²) in [5.41, 5.74) is 6.78. The lowest BCUT2D eigenvalue weighted by molar-refractivity contribution is 0.461. The van der Waals surface area contributed by atoms with E-state index in [2.05, 4.69) is 0 Å². The Morgan fingerprint density at radius 3 is 2.50 bits per heavy atom. The van der Waals surface area contributed by atoms with E-state index in [4.69, 9.17) is 17.3 Å². The van der Waals surface area contributed by atoms with Crippen LogP contribution in [-0.4, -0.2) is 0 Å². The molecule has 0 bridgehead atoms. The van der Waals surface area contributed by atoms with E-state index in [-0.39, 0.29) is 11.4 Å². The van der Waals surface area contributed by atoms with Gasteiger partial charge in [-0.05, 0) is 30.5 Å². The molecule has 2 N–H and O–H groups in total. The van der Waals surface area contributed by atoms with Crippen molar-refractivity contribution in [3.8, 4) is 0 Å². The van der Waals surface area contributed by atoms with Gasteiger partial charge in [-0.15, -0.1) is 0 Å². The second-order valence-corrected chi connectivity index (χ2v) is 4.39. The molecule has 1 aliphatic rings. The van der Waals surface area contributed by atoms with Crippen molar-refractivity contribution in [3.63, 3.8) is 0 Å². The Hall–Kier alpha value is -0.600. The number of hydrogen-bond acceptors (Lipinski definition) is 1. The van der Waals surface area contributed by atoms with Crippen LogP contribution in [0, 0.1) is 5.82 Å². The van der Waals surface area contributed by atoms with Crippen LogP contribution in [0.25, 0.3) is 0 Å². The summed E-state index contributed by atoms with van der Waals surface area (Å²) in [7, 11) is 0. The van der Waals surface area contributed by atoms with E-state index in [1.807, 2.05) is 0 Å². The van der Waals surface area contributed by atoms with Gasteiger partial charge in [0.2, 0.25) is 0 Å². The molecule has 1 nitrogen and oxygen atoms in total. The van der Waals surface area contributed by atoms with E-state index in [1.165, 1.54) is 12.1 Å². The Kier molecular flexibility index (Phi) is 2.50. The summed E-state index contributed by atoms with van der Waals surface area (Å²) < 4.78 is 12.8. The van der Waals surface area contributed by atoms with Crippen molar-refractivity contribution in [2.75, 3.05) is 0 Å². The SMILES string of the molecule is NC1(c2ccc(F)cc2Cl)CCCC1. The fourth-order valence-corrected chi connectivity index (χ4v) is 2.52. The first-order chi connectivity index (χ1) is 6.62. The van der Waals surface area contributed by atoms with Gasteiger partial charge in [-0.1, -0.05) is 30.5 Å². The van der Waals surface area contributed by atoms with E-state index in [0.29, 0.717) is 5.02 Å². The van der Waals surface area contributed by atoms with Gasteiger partial charge >= 0.3 is 0 Å². The maximum Gasteiger partial charge on any atom is 0.124 e. The van der Waals surface area contributed by atoms with Crippen LogP contribution < -0.4 is 5.73 Å². The molecular weight excluding hydrogens is 201 g/mol. The minimum Gasteiger partial charge on any atom is -0.321 e. The summed E-state index contributed by atoms with van der Waals surface area (Å²) >= 11 is 5.98. The van der Waals surface area contributed by atoms with Gasteiger partial charge in [-0.2, -0.15) is 0 Å². The molecule has 0 radical (unpaired) electrons. The first-order valence-corrected chi connectivity index (χ1v) is 5.24. The smallest absolute Gasteiger partial charge is 0.124 e. The quantitative estimate of drug-likeness (QED) is 0.762. The highest BCUT2D eigenvalue weighted by atomic mass is 35.5. The molecular formula is C11H13ClFN. The maximum atomic E-state index is 12.8. The molecule has 0 unspecified atom stereocenters. The molecule has 0 heterocycles. The molecule has 2 rings (SSSR count). The molecule has 1 aliphatic carbocycles. The molecule has 0 spiro atoms. The molecule has 1 fully saturated rings. The highest BCUT2D eigenvalue weighted by Gasteiger charge is 2.32. The molecule has 1 aromatic carbocycles. The van der Waals surface area contributed by atoms with Crippen molar-refractivity contribution in [2.45, 2.75) is 31.2 Å². The lowest BCUT2D eigenvalue weighted by Crippen LogP contribution is -2.33. The van der Waals surface area contributed by atoms with E-state index in [0.717, 1.165) is 31.2 Å². The zero-order chi connectivity index (χ0) is 10.2. The van der Waals surface area contributed by atoms with Crippen LogP contribution in [0.5, 0.6) is 0 Å². The number of benzene rings is 1. The number of hydrogen-bond donors (Lipinski definition) is 1. The Morgan fingerprint density at radius 1 is 1.29 bits per heavy atom. The number of rotatable bonds is 1. The van der Waals surface area contributed by atoms with Crippen LogP contribution in [0.1, 0.15) is 31.2 Å². The second-order valence-electron chi connectivity index (χ2n) is 3.99. The van der Waals surface area contributed by atoms with E-state index in [1.54, 1.807) is 6.07 Å². The van der Waals surface area contributed by atoms with Gasteiger partial charge in [0, 0.05) is 10.6 Å². The highest BCUT2D eigenvalue weighted by molar-refractivity contribution is 6.31. The molecule has 0 aromatic heterocycles. The first-order valence-electron chi connectivity index (χ1n) is 4.86. The summed E-state index contributed by atoms with van der Waals surface area (Å²) in [4.78, 5) is 0. The normalized spacial score (nSPS) is 19.9. The summed E-state index contributed by atoms with van der Waals surface area (Å²) in [6.45, 7) is 0. The molecule has 76 valence electrons. The van der Waals surface area contributed by atoms with Crippen LogP contribution >= 0.6 is 11.6 Å². The van der Waals surface area contributed by atoms with Crippen molar-refractivity contribution in [2.24, 2.45) is 5.73 Å². The van der Waals surface area contributed by atoms with Gasteiger partial charge in [0.25, 0.3) is 0 Å². The number of nitrogens with two attached hydrogens (primary N) is 1. The average Bonchev–Trinajstić information content (AvgIpc) is 2.52. The van der Waals surface area contributed by atoms with Crippen LogP contribution in [0.4, 0.5) is 4.39 Å². The third kappa shape index (κ3) is 1.64. The zero-order valence-corrected chi connectivity index (χ0v) is 8.65. The molecule has 0 aliphatic heterocycles. The van der Waals surface area contributed by atoms with Crippen LogP contribution in [-0.2, 0) is 5.54 Å². The topological polar surface area (TPSA) is 26.0 Å². The van der Waals surface area contributed by atoms with Crippen LogP contribution in [0.3, 0.4) is 0 Å². The van der Waals surface area contributed by atoms with Gasteiger partial charge in [0.15, 0.2) is 0 Å². The summed E-state index contributed by atoms with van der Waals surface area (Å²) in [6.07, 6.45) is 4.14. The lowest BCUT2D eigenvalue weighted by Gasteiger charge is -2.25. The Bertz CT molecular complexity index is 345.